The zero-order chi connectivity index (χ0) is 14.8. The third-order valence-corrected chi connectivity index (χ3v) is 3.61. The molecule has 0 saturated carbocycles. The molecule has 0 bridgehead atoms. The Balaban J connectivity index is 3.56. The van der Waals surface area contributed by atoms with Crippen molar-refractivity contribution in [3.8, 4) is 5.75 Å². The van der Waals surface area contributed by atoms with E-state index in [2.05, 4.69) is 20.7 Å². The highest BCUT2D eigenvalue weighted by Gasteiger charge is 2.34. The van der Waals surface area contributed by atoms with Crippen LogP contribution in [-0.2, 0) is 12.8 Å². The average Bonchev–Trinajstić information content (AvgIpc) is 2.27. The molecule has 1 aromatic rings. The maximum absolute atomic E-state index is 12.5. The van der Waals surface area contributed by atoms with Gasteiger partial charge in [-0.3, -0.25) is 5.41 Å². The van der Waals surface area contributed by atoms with E-state index >= 15 is 0 Å². The molecule has 0 amide bonds. The number of ether oxygens (including phenoxy) is 1. The molecule has 0 spiro atoms. The number of nitrogen functional groups attached to an aromatic ring is 1. The van der Waals surface area contributed by atoms with Crippen LogP contribution in [-0.4, -0.2) is 12.2 Å². The SMILES string of the molecule is CCc1cc(C(=N)N)c(OC(F)(F)F)c(CC)c1Br. The summed E-state index contributed by atoms with van der Waals surface area (Å²) in [5, 5.41) is 7.41. The molecular formula is C12H14BrF3N2O. The van der Waals surface area contributed by atoms with Crippen molar-refractivity contribution < 1.29 is 17.9 Å². The average molecular weight is 339 g/mol. The molecule has 0 aromatic heterocycles. The maximum Gasteiger partial charge on any atom is 0.573 e. The molecule has 3 nitrogen and oxygen atoms in total. The molecule has 0 atom stereocenters. The number of halogens is 4. The molecule has 0 radical (unpaired) electrons. The Morgan fingerprint density at radius 1 is 1.37 bits per heavy atom. The van der Waals surface area contributed by atoms with E-state index in [9.17, 15) is 13.2 Å². The van der Waals surface area contributed by atoms with E-state index < -0.39 is 17.9 Å². The van der Waals surface area contributed by atoms with Gasteiger partial charge >= 0.3 is 6.36 Å². The predicted octanol–water partition coefficient (Wildman–Crippen LogP) is 3.76. The van der Waals surface area contributed by atoms with Crippen molar-refractivity contribution in [2.45, 2.75) is 33.1 Å². The molecule has 0 aliphatic rings. The lowest BCUT2D eigenvalue weighted by molar-refractivity contribution is -0.275. The van der Waals surface area contributed by atoms with E-state index in [1.165, 1.54) is 6.07 Å². The summed E-state index contributed by atoms with van der Waals surface area (Å²) < 4.78 is 42.0. The van der Waals surface area contributed by atoms with E-state index in [1.807, 2.05) is 6.92 Å². The van der Waals surface area contributed by atoms with Crippen LogP contribution in [0.15, 0.2) is 10.5 Å². The Hall–Kier alpha value is -1.24. The first-order valence-electron chi connectivity index (χ1n) is 5.65. The number of nitrogens with two attached hydrogens (primary N) is 1. The number of hydrogen-bond donors (Lipinski definition) is 2. The minimum Gasteiger partial charge on any atom is -0.405 e. The molecule has 0 heterocycles. The highest BCUT2D eigenvalue weighted by atomic mass is 79.9. The summed E-state index contributed by atoms with van der Waals surface area (Å²) >= 11 is 3.28. The number of hydrogen-bond acceptors (Lipinski definition) is 2. The third kappa shape index (κ3) is 3.62. The van der Waals surface area contributed by atoms with Gasteiger partial charge in [0.25, 0.3) is 0 Å². The van der Waals surface area contributed by atoms with E-state index in [4.69, 9.17) is 11.1 Å². The van der Waals surface area contributed by atoms with Gasteiger partial charge in [0.2, 0.25) is 0 Å². The van der Waals surface area contributed by atoms with Crippen molar-refractivity contribution in [1.82, 2.24) is 0 Å². The van der Waals surface area contributed by atoms with Crippen LogP contribution in [0.2, 0.25) is 0 Å². The number of aryl methyl sites for hydroxylation is 1. The van der Waals surface area contributed by atoms with Gasteiger partial charge in [-0.25, -0.2) is 0 Å². The van der Waals surface area contributed by atoms with Crippen molar-refractivity contribution >= 4 is 21.8 Å². The number of alkyl halides is 3. The van der Waals surface area contributed by atoms with E-state index in [0.29, 0.717) is 22.9 Å². The molecule has 0 fully saturated rings. The number of amidine groups is 1. The Kier molecular flexibility index (Phi) is 4.84. The van der Waals surface area contributed by atoms with Gasteiger partial charge in [-0.1, -0.05) is 29.8 Å². The largest absolute Gasteiger partial charge is 0.573 e. The Labute approximate surface area is 117 Å². The molecule has 0 unspecified atom stereocenters. The second-order valence-corrected chi connectivity index (χ2v) is 4.67. The standard InChI is InChI=1S/C12H14BrF3N2O/c1-3-6-5-8(11(17)18)10(19-12(14,15)16)7(4-2)9(6)13/h5H,3-4H2,1-2H3,(H3,17,18). The molecule has 3 N–H and O–H groups in total. The molecule has 1 rings (SSSR count). The van der Waals surface area contributed by atoms with Crippen LogP contribution >= 0.6 is 15.9 Å². The molecule has 1 aromatic carbocycles. The fourth-order valence-corrected chi connectivity index (χ4v) is 2.62. The van der Waals surface area contributed by atoms with Gasteiger partial charge in [-0.2, -0.15) is 0 Å². The van der Waals surface area contributed by atoms with Gasteiger partial charge in [0.15, 0.2) is 0 Å². The number of benzene rings is 1. The monoisotopic (exact) mass is 338 g/mol. The summed E-state index contributed by atoms with van der Waals surface area (Å²) in [4.78, 5) is 0. The molecule has 19 heavy (non-hydrogen) atoms. The smallest absolute Gasteiger partial charge is 0.405 e. The van der Waals surface area contributed by atoms with Crippen LogP contribution in [0.3, 0.4) is 0 Å². The van der Waals surface area contributed by atoms with Gasteiger partial charge in [0.05, 0.1) is 5.56 Å². The first kappa shape index (κ1) is 15.8. The van der Waals surface area contributed by atoms with Gasteiger partial charge in [0.1, 0.15) is 11.6 Å². The van der Waals surface area contributed by atoms with Crippen LogP contribution in [0.5, 0.6) is 5.75 Å². The Bertz CT molecular complexity index is 501. The summed E-state index contributed by atoms with van der Waals surface area (Å²) in [7, 11) is 0. The summed E-state index contributed by atoms with van der Waals surface area (Å²) in [6.45, 7) is 3.58. The second-order valence-electron chi connectivity index (χ2n) is 3.87. The second kappa shape index (κ2) is 5.81. The minimum atomic E-state index is -4.82. The van der Waals surface area contributed by atoms with Gasteiger partial charge in [-0.05, 0) is 24.5 Å². The van der Waals surface area contributed by atoms with Crippen LogP contribution in [0.4, 0.5) is 13.2 Å². The predicted molar refractivity (Wildman–Crippen MR) is 70.6 cm³/mol. The number of rotatable bonds is 4. The van der Waals surface area contributed by atoms with E-state index in [0.717, 1.165) is 5.56 Å². The summed E-state index contributed by atoms with van der Waals surface area (Å²) in [5.41, 5.74) is 6.47. The molecule has 7 heteroatoms. The van der Waals surface area contributed by atoms with Gasteiger partial charge in [0, 0.05) is 10.0 Å². The quantitative estimate of drug-likeness (QED) is 0.648. The zero-order valence-electron chi connectivity index (χ0n) is 10.5. The van der Waals surface area contributed by atoms with Crippen LogP contribution < -0.4 is 10.5 Å². The van der Waals surface area contributed by atoms with Crippen molar-refractivity contribution in [3.63, 3.8) is 0 Å². The van der Waals surface area contributed by atoms with Crippen molar-refractivity contribution in [2.24, 2.45) is 5.73 Å². The Morgan fingerprint density at radius 3 is 2.32 bits per heavy atom. The highest BCUT2D eigenvalue weighted by molar-refractivity contribution is 9.10. The van der Waals surface area contributed by atoms with Crippen LogP contribution in [0, 0.1) is 5.41 Å². The van der Waals surface area contributed by atoms with Crippen molar-refractivity contribution in [1.29, 1.82) is 5.41 Å². The van der Waals surface area contributed by atoms with Crippen molar-refractivity contribution in [2.75, 3.05) is 0 Å². The summed E-state index contributed by atoms with van der Waals surface area (Å²) in [6, 6.07) is 1.45. The first-order chi connectivity index (χ1) is 8.71. The summed E-state index contributed by atoms with van der Waals surface area (Å²) in [5.74, 6) is -0.845. The highest BCUT2D eigenvalue weighted by Crippen LogP contribution is 2.37. The first-order valence-corrected chi connectivity index (χ1v) is 6.44. The lowest BCUT2D eigenvalue weighted by Crippen LogP contribution is -2.22. The van der Waals surface area contributed by atoms with Crippen molar-refractivity contribution in [3.05, 3.63) is 27.2 Å². The van der Waals surface area contributed by atoms with E-state index in [-0.39, 0.29) is 5.56 Å². The molecule has 0 aliphatic carbocycles. The molecule has 0 saturated heterocycles. The molecular weight excluding hydrogens is 325 g/mol. The fourth-order valence-electron chi connectivity index (χ4n) is 1.76. The molecule has 106 valence electrons. The number of nitrogens with one attached hydrogen (secondary N) is 1. The van der Waals surface area contributed by atoms with Gasteiger partial charge in [-0.15, -0.1) is 13.2 Å². The lowest BCUT2D eigenvalue weighted by Gasteiger charge is -2.19. The van der Waals surface area contributed by atoms with Crippen LogP contribution in [0.25, 0.3) is 0 Å². The lowest BCUT2D eigenvalue weighted by atomic mass is 10.00. The van der Waals surface area contributed by atoms with Crippen LogP contribution in [0.1, 0.15) is 30.5 Å². The normalized spacial score (nSPS) is 11.5. The van der Waals surface area contributed by atoms with E-state index in [1.54, 1.807) is 6.92 Å². The fraction of sp³-hybridized carbons (Fsp3) is 0.417. The maximum atomic E-state index is 12.5. The third-order valence-electron chi connectivity index (χ3n) is 2.63. The Morgan fingerprint density at radius 2 is 1.95 bits per heavy atom. The minimum absolute atomic E-state index is 0.0331. The topological polar surface area (TPSA) is 59.1 Å². The summed E-state index contributed by atoms with van der Waals surface area (Å²) in [6.07, 6.45) is -3.87. The van der Waals surface area contributed by atoms with Gasteiger partial charge < -0.3 is 10.5 Å². The molecule has 0 aliphatic heterocycles. The zero-order valence-corrected chi connectivity index (χ0v) is 12.1.